The van der Waals surface area contributed by atoms with Gasteiger partial charge in [0.1, 0.15) is 0 Å². The zero-order chi connectivity index (χ0) is 15.7. The van der Waals surface area contributed by atoms with E-state index in [1.807, 2.05) is 12.1 Å². The van der Waals surface area contributed by atoms with Crippen LogP contribution in [0.2, 0.25) is 5.02 Å². The van der Waals surface area contributed by atoms with Crippen molar-refractivity contribution in [2.75, 3.05) is 13.1 Å². The van der Waals surface area contributed by atoms with Gasteiger partial charge in [0, 0.05) is 18.1 Å². The Balaban J connectivity index is 2.45. The van der Waals surface area contributed by atoms with Crippen LogP contribution in [0, 0.1) is 5.92 Å². The lowest BCUT2D eigenvalue weighted by atomic mass is 10.0. The largest absolute Gasteiger partial charge is 0.299 e. The maximum Gasteiger partial charge on any atom is 0.0406 e. The topological polar surface area (TPSA) is 3.24 Å². The third-order valence-corrected chi connectivity index (χ3v) is 4.10. The van der Waals surface area contributed by atoms with Gasteiger partial charge in [-0.1, -0.05) is 62.6 Å². The van der Waals surface area contributed by atoms with E-state index in [9.17, 15) is 0 Å². The maximum atomic E-state index is 5.94. The Kier molecular flexibility index (Phi) is 8.72. The van der Waals surface area contributed by atoms with Crippen LogP contribution in [0.5, 0.6) is 0 Å². The summed E-state index contributed by atoms with van der Waals surface area (Å²) in [5, 5.41) is 0.812. The second-order valence-corrected chi connectivity index (χ2v) is 6.53. The van der Waals surface area contributed by atoms with Crippen LogP contribution in [-0.2, 0) is 6.54 Å². The number of hydrogen-bond donors (Lipinski definition) is 0. The predicted molar refractivity (Wildman–Crippen MR) is 94.8 cm³/mol. The van der Waals surface area contributed by atoms with Crippen LogP contribution in [0.3, 0.4) is 0 Å². The molecule has 0 aliphatic rings. The van der Waals surface area contributed by atoms with E-state index in [1.165, 1.54) is 30.4 Å². The maximum absolute atomic E-state index is 5.94. The Labute approximate surface area is 136 Å². The molecule has 0 spiro atoms. The summed E-state index contributed by atoms with van der Waals surface area (Å²) in [7, 11) is 0. The molecule has 2 heteroatoms. The van der Waals surface area contributed by atoms with Crippen molar-refractivity contribution in [3.63, 3.8) is 0 Å². The Morgan fingerprint density at radius 2 is 1.90 bits per heavy atom. The molecule has 1 atom stereocenters. The van der Waals surface area contributed by atoms with E-state index < -0.39 is 0 Å². The molecule has 0 fully saturated rings. The number of nitrogens with zero attached hydrogens (tertiary/aromatic N) is 1. The molecule has 21 heavy (non-hydrogen) atoms. The van der Waals surface area contributed by atoms with Crippen LogP contribution < -0.4 is 0 Å². The van der Waals surface area contributed by atoms with E-state index in [2.05, 4.69) is 50.8 Å². The summed E-state index contributed by atoms with van der Waals surface area (Å²) in [5.74, 6) is 0.698. The van der Waals surface area contributed by atoms with Gasteiger partial charge in [0.25, 0.3) is 0 Å². The highest BCUT2D eigenvalue weighted by molar-refractivity contribution is 6.30. The van der Waals surface area contributed by atoms with Crippen molar-refractivity contribution in [3.8, 4) is 0 Å². The quantitative estimate of drug-likeness (QED) is 0.511. The highest BCUT2D eigenvalue weighted by Crippen LogP contribution is 2.15. The van der Waals surface area contributed by atoms with Gasteiger partial charge < -0.3 is 0 Å². The summed E-state index contributed by atoms with van der Waals surface area (Å²) in [6.07, 6.45) is 6.08. The van der Waals surface area contributed by atoms with Gasteiger partial charge in [-0.3, -0.25) is 4.90 Å². The van der Waals surface area contributed by atoms with Crippen molar-refractivity contribution < 1.29 is 0 Å². The molecule has 0 N–H and O–H groups in total. The van der Waals surface area contributed by atoms with Crippen molar-refractivity contribution in [2.45, 2.75) is 53.5 Å². The van der Waals surface area contributed by atoms with Crippen molar-refractivity contribution in [1.29, 1.82) is 0 Å². The summed E-state index contributed by atoms with van der Waals surface area (Å²) in [4.78, 5) is 2.51. The fraction of sp³-hybridized carbons (Fsp3) is 0.579. The van der Waals surface area contributed by atoms with Gasteiger partial charge in [-0.2, -0.15) is 0 Å². The number of halogens is 1. The summed E-state index contributed by atoms with van der Waals surface area (Å²) < 4.78 is 0. The monoisotopic (exact) mass is 307 g/mol. The number of benzene rings is 1. The first-order chi connectivity index (χ1) is 10.0. The number of rotatable bonds is 9. The van der Waals surface area contributed by atoms with E-state index in [0.717, 1.165) is 24.7 Å². The third kappa shape index (κ3) is 7.68. The van der Waals surface area contributed by atoms with Crippen LogP contribution in [0.4, 0.5) is 0 Å². The van der Waals surface area contributed by atoms with Crippen LogP contribution in [0.25, 0.3) is 0 Å². The second-order valence-electron chi connectivity index (χ2n) is 6.10. The number of hydrogen-bond acceptors (Lipinski definition) is 1. The van der Waals surface area contributed by atoms with Crippen LogP contribution >= 0.6 is 11.6 Å². The average molecular weight is 308 g/mol. The zero-order valence-electron chi connectivity index (χ0n) is 14.0. The lowest BCUT2D eigenvalue weighted by Crippen LogP contribution is -2.27. The second kappa shape index (κ2) is 10.0. The van der Waals surface area contributed by atoms with Crippen LogP contribution in [0.1, 0.15) is 52.5 Å². The normalized spacial score (nSPS) is 13.7. The Morgan fingerprint density at radius 1 is 1.24 bits per heavy atom. The molecule has 1 nitrogen and oxygen atoms in total. The smallest absolute Gasteiger partial charge is 0.0406 e. The van der Waals surface area contributed by atoms with Crippen molar-refractivity contribution >= 4 is 11.6 Å². The molecule has 0 saturated carbocycles. The van der Waals surface area contributed by atoms with E-state index in [-0.39, 0.29) is 0 Å². The summed E-state index contributed by atoms with van der Waals surface area (Å²) in [6, 6.07) is 8.21. The molecule has 0 bridgehead atoms. The minimum Gasteiger partial charge on any atom is -0.299 e. The molecule has 1 rings (SSSR count). The van der Waals surface area contributed by atoms with Crippen LogP contribution in [0.15, 0.2) is 35.9 Å². The van der Waals surface area contributed by atoms with Gasteiger partial charge >= 0.3 is 0 Å². The highest BCUT2D eigenvalue weighted by atomic mass is 35.5. The van der Waals surface area contributed by atoms with E-state index >= 15 is 0 Å². The average Bonchev–Trinajstić information content (AvgIpc) is 2.47. The molecule has 0 radical (unpaired) electrons. The Bertz CT molecular complexity index is 422. The molecule has 0 heterocycles. The minimum absolute atomic E-state index is 0.698. The van der Waals surface area contributed by atoms with Gasteiger partial charge in [-0.05, 0) is 49.9 Å². The molecule has 118 valence electrons. The highest BCUT2D eigenvalue weighted by Gasteiger charge is 2.08. The lowest BCUT2D eigenvalue weighted by Gasteiger charge is -2.24. The van der Waals surface area contributed by atoms with E-state index in [1.54, 1.807) is 0 Å². The molecule has 0 aliphatic carbocycles. The molecular weight excluding hydrogens is 278 g/mol. The molecule has 1 aromatic rings. The van der Waals surface area contributed by atoms with Crippen molar-refractivity contribution in [2.24, 2.45) is 5.92 Å². The fourth-order valence-corrected chi connectivity index (χ4v) is 2.69. The van der Waals surface area contributed by atoms with Gasteiger partial charge in [0.05, 0.1) is 0 Å². The van der Waals surface area contributed by atoms with Gasteiger partial charge in [-0.15, -0.1) is 0 Å². The summed E-state index contributed by atoms with van der Waals surface area (Å²) in [5.41, 5.74) is 2.87. The Hall–Kier alpha value is -0.790. The third-order valence-electron chi connectivity index (χ3n) is 3.85. The standard InChI is InChI=1S/C19H30ClN/c1-5-7-16(3)8-9-17(4)14-21(6-2)15-18-10-12-19(20)13-11-18/h8,10-13,17H,5-7,9,14-15H2,1-4H3/b16-8-. The number of allylic oxidation sites excluding steroid dienone is 2. The minimum atomic E-state index is 0.698. The first-order valence-electron chi connectivity index (χ1n) is 8.17. The van der Waals surface area contributed by atoms with Crippen molar-refractivity contribution in [3.05, 3.63) is 46.5 Å². The van der Waals surface area contributed by atoms with Crippen LogP contribution in [-0.4, -0.2) is 18.0 Å². The first-order valence-corrected chi connectivity index (χ1v) is 8.55. The van der Waals surface area contributed by atoms with Crippen molar-refractivity contribution in [1.82, 2.24) is 4.90 Å². The van der Waals surface area contributed by atoms with Gasteiger partial charge in [-0.25, -0.2) is 0 Å². The van der Waals surface area contributed by atoms with Gasteiger partial charge in [0.15, 0.2) is 0 Å². The predicted octanol–water partition coefficient (Wildman–Crippen LogP) is 5.93. The molecule has 1 unspecified atom stereocenters. The lowest BCUT2D eigenvalue weighted by molar-refractivity contribution is 0.241. The summed E-state index contributed by atoms with van der Waals surface area (Å²) in [6.45, 7) is 12.3. The first kappa shape index (κ1) is 18.3. The Morgan fingerprint density at radius 3 is 2.48 bits per heavy atom. The van der Waals surface area contributed by atoms with E-state index in [4.69, 9.17) is 11.6 Å². The summed E-state index contributed by atoms with van der Waals surface area (Å²) >= 11 is 5.94. The SMILES string of the molecule is CCC/C(C)=C\CC(C)CN(CC)Cc1ccc(Cl)cc1. The molecule has 0 amide bonds. The fourth-order valence-electron chi connectivity index (χ4n) is 2.57. The molecule has 0 saturated heterocycles. The van der Waals surface area contributed by atoms with E-state index in [0.29, 0.717) is 5.92 Å². The molecular formula is C19H30ClN. The molecule has 0 aliphatic heterocycles. The zero-order valence-corrected chi connectivity index (χ0v) is 14.8. The molecule has 1 aromatic carbocycles. The van der Waals surface area contributed by atoms with Gasteiger partial charge in [0.2, 0.25) is 0 Å². The molecule has 0 aromatic heterocycles.